The van der Waals surface area contributed by atoms with Crippen LogP contribution in [0.15, 0.2) is 24.3 Å². The summed E-state index contributed by atoms with van der Waals surface area (Å²) in [5.41, 5.74) is 0.482. The van der Waals surface area contributed by atoms with Gasteiger partial charge < -0.3 is 9.84 Å². The van der Waals surface area contributed by atoms with Crippen molar-refractivity contribution in [2.45, 2.75) is 46.5 Å². The molecule has 0 heterocycles. The van der Waals surface area contributed by atoms with Crippen LogP contribution < -0.4 is 0 Å². The van der Waals surface area contributed by atoms with Gasteiger partial charge >= 0.3 is 5.97 Å². The molecule has 20 heavy (non-hydrogen) atoms. The largest absolute Gasteiger partial charge is 0.508 e. The molecular weight excluding hydrogens is 252 g/mol. The first kappa shape index (κ1) is 16.5. The summed E-state index contributed by atoms with van der Waals surface area (Å²) in [4.78, 5) is 11.7. The zero-order valence-corrected chi connectivity index (χ0v) is 12.8. The van der Waals surface area contributed by atoms with E-state index in [1.165, 1.54) is 31.4 Å². The number of carbonyl (C=O) groups is 1. The van der Waals surface area contributed by atoms with Gasteiger partial charge in [-0.1, -0.05) is 40.0 Å². The van der Waals surface area contributed by atoms with E-state index in [9.17, 15) is 4.79 Å². The molecule has 0 aromatic heterocycles. The van der Waals surface area contributed by atoms with Crippen LogP contribution in [0, 0.1) is 11.8 Å². The Kier molecular flexibility index (Phi) is 7.13. The van der Waals surface area contributed by atoms with Crippen molar-refractivity contribution in [2.75, 3.05) is 6.61 Å². The summed E-state index contributed by atoms with van der Waals surface area (Å²) >= 11 is 0. The fourth-order valence-corrected chi connectivity index (χ4v) is 2.05. The fraction of sp³-hybridized carbons (Fsp3) is 0.588. The Morgan fingerprint density at radius 2 is 1.75 bits per heavy atom. The number of esters is 1. The van der Waals surface area contributed by atoms with Crippen molar-refractivity contribution < 1.29 is 14.6 Å². The van der Waals surface area contributed by atoms with Gasteiger partial charge in [-0.2, -0.15) is 0 Å². The van der Waals surface area contributed by atoms with Gasteiger partial charge in [-0.3, -0.25) is 0 Å². The highest BCUT2D eigenvalue weighted by molar-refractivity contribution is 5.89. The standard InChI is InChI=1S/C17H26O3/c1-13(2)5-4-6-14(3)11-12-20-17(19)15-7-9-16(18)10-8-15/h7-10,13-14,18H,4-6,11-12H2,1-3H3. The first-order valence-electron chi connectivity index (χ1n) is 7.45. The highest BCUT2D eigenvalue weighted by Gasteiger charge is 2.08. The lowest BCUT2D eigenvalue weighted by atomic mass is 9.98. The predicted octanol–water partition coefficient (Wildman–Crippen LogP) is 4.40. The Morgan fingerprint density at radius 3 is 2.35 bits per heavy atom. The van der Waals surface area contributed by atoms with Crippen LogP contribution in [-0.2, 0) is 4.74 Å². The summed E-state index contributed by atoms with van der Waals surface area (Å²) in [5, 5.41) is 9.16. The molecule has 3 heteroatoms. The van der Waals surface area contributed by atoms with Crippen LogP contribution in [0.5, 0.6) is 5.75 Å². The molecule has 0 amide bonds. The van der Waals surface area contributed by atoms with E-state index in [1.807, 2.05) is 0 Å². The van der Waals surface area contributed by atoms with Crippen molar-refractivity contribution in [3.63, 3.8) is 0 Å². The van der Waals surface area contributed by atoms with Crippen molar-refractivity contribution in [3.8, 4) is 5.75 Å². The van der Waals surface area contributed by atoms with Crippen molar-refractivity contribution in [1.29, 1.82) is 0 Å². The highest BCUT2D eigenvalue weighted by Crippen LogP contribution is 2.16. The smallest absolute Gasteiger partial charge is 0.338 e. The van der Waals surface area contributed by atoms with Gasteiger partial charge in [0.1, 0.15) is 5.75 Å². The number of rotatable bonds is 8. The van der Waals surface area contributed by atoms with Crippen molar-refractivity contribution in [3.05, 3.63) is 29.8 Å². The van der Waals surface area contributed by atoms with Gasteiger partial charge in [0.05, 0.1) is 12.2 Å². The van der Waals surface area contributed by atoms with Crippen LogP contribution >= 0.6 is 0 Å². The van der Waals surface area contributed by atoms with Crippen LogP contribution in [-0.4, -0.2) is 17.7 Å². The molecule has 0 aliphatic heterocycles. The molecule has 0 aliphatic carbocycles. The number of phenols is 1. The molecule has 0 spiro atoms. The topological polar surface area (TPSA) is 46.5 Å². The van der Waals surface area contributed by atoms with Gasteiger partial charge in [-0.15, -0.1) is 0 Å². The normalized spacial score (nSPS) is 12.4. The van der Waals surface area contributed by atoms with E-state index in [1.54, 1.807) is 12.1 Å². The zero-order chi connectivity index (χ0) is 15.0. The molecule has 0 bridgehead atoms. The maximum absolute atomic E-state index is 11.7. The van der Waals surface area contributed by atoms with Crippen LogP contribution in [0.2, 0.25) is 0 Å². The number of hydrogen-bond donors (Lipinski definition) is 1. The summed E-state index contributed by atoms with van der Waals surface area (Å²) in [5.74, 6) is 1.18. The van der Waals surface area contributed by atoms with E-state index < -0.39 is 0 Å². The number of aromatic hydroxyl groups is 1. The Labute approximate surface area is 122 Å². The Hall–Kier alpha value is -1.51. The molecule has 112 valence electrons. The SMILES string of the molecule is CC(C)CCCC(C)CCOC(=O)c1ccc(O)cc1. The summed E-state index contributed by atoms with van der Waals surface area (Å²) in [6, 6.07) is 6.13. The summed E-state index contributed by atoms with van der Waals surface area (Å²) < 4.78 is 5.25. The quantitative estimate of drug-likeness (QED) is 0.717. The van der Waals surface area contributed by atoms with Crippen LogP contribution in [0.25, 0.3) is 0 Å². The van der Waals surface area contributed by atoms with E-state index in [2.05, 4.69) is 20.8 Å². The second-order valence-corrected chi connectivity index (χ2v) is 5.90. The van der Waals surface area contributed by atoms with Gasteiger partial charge in [0.25, 0.3) is 0 Å². The number of ether oxygens (including phenoxy) is 1. The molecule has 0 saturated heterocycles. The maximum atomic E-state index is 11.7. The molecule has 1 aromatic rings. The van der Waals surface area contributed by atoms with Crippen molar-refractivity contribution in [2.24, 2.45) is 11.8 Å². The lowest BCUT2D eigenvalue weighted by molar-refractivity contribution is 0.0483. The molecule has 0 fully saturated rings. The molecule has 1 atom stereocenters. The number of carbonyl (C=O) groups excluding carboxylic acids is 1. The predicted molar refractivity (Wildman–Crippen MR) is 80.9 cm³/mol. The second kappa shape index (κ2) is 8.62. The number of benzene rings is 1. The van der Waals surface area contributed by atoms with Gasteiger partial charge in [0, 0.05) is 0 Å². The molecule has 0 aliphatic rings. The van der Waals surface area contributed by atoms with Crippen molar-refractivity contribution in [1.82, 2.24) is 0 Å². The average molecular weight is 278 g/mol. The minimum atomic E-state index is -0.320. The minimum Gasteiger partial charge on any atom is -0.508 e. The fourth-order valence-electron chi connectivity index (χ4n) is 2.05. The van der Waals surface area contributed by atoms with Gasteiger partial charge in [-0.25, -0.2) is 4.79 Å². The maximum Gasteiger partial charge on any atom is 0.338 e. The Morgan fingerprint density at radius 1 is 1.10 bits per heavy atom. The average Bonchev–Trinajstić information content (AvgIpc) is 2.39. The van der Waals surface area contributed by atoms with Crippen LogP contribution in [0.4, 0.5) is 0 Å². The third-order valence-electron chi connectivity index (χ3n) is 3.43. The molecule has 1 aromatic carbocycles. The highest BCUT2D eigenvalue weighted by atomic mass is 16.5. The van der Waals surface area contributed by atoms with Gasteiger partial charge in [0.2, 0.25) is 0 Å². The van der Waals surface area contributed by atoms with Crippen LogP contribution in [0.1, 0.15) is 56.8 Å². The van der Waals surface area contributed by atoms with Gasteiger partial charge in [-0.05, 0) is 42.5 Å². The van der Waals surface area contributed by atoms with Gasteiger partial charge in [0.15, 0.2) is 0 Å². The summed E-state index contributed by atoms with van der Waals surface area (Å²) in [6.07, 6.45) is 4.60. The number of hydrogen-bond acceptors (Lipinski definition) is 3. The Balaban J connectivity index is 2.20. The third kappa shape index (κ3) is 6.60. The van der Waals surface area contributed by atoms with Crippen molar-refractivity contribution >= 4 is 5.97 Å². The minimum absolute atomic E-state index is 0.153. The third-order valence-corrected chi connectivity index (χ3v) is 3.43. The molecule has 0 saturated carbocycles. The number of phenolic OH excluding ortho intramolecular Hbond substituents is 1. The van der Waals surface area contributed by atoms with E-state index in [0.717, 1.165) is 12.3 Å². The first-order chi connectivity index (χ1) is 9.49. The molecular formula is C17H26O3. The van der Waals surface area contributed by atoms with E-state index in [4.69, 9.17) is 9.84 Å². The summed E-state index contributed by atoms with van der Waals surface area (Å²) in [7, 11) is 0. The molecule has 1 N–H and O–H groups in total. The summed E-state index contributed by atoms with van der Waals surface area (Å²) in [6.45, 7) is 7.14. The molecule has 0 radical (unpaired) electrons. The lowest BCUT2D eigenvalue weighted by Gasteiger charge is -2.12. The lowest BCUT2D eigenvalue weighted by Crippen LogP contribution is -2.09. The molecule has 1 rings (SSSR count). The van der Waals surface area contributed by atoms with E-state index in [0.29, 0.717) is 18.1 Å². The van der Waals surface area contributed by atoms with Crippen LogP contribution in [0.3, 0.4) is 0 Å². The van der Waals surface area contributed by atoms with E-state index in [-0.39, 0.29) is 11.7 Å². The monoisotopic (exact) mass is 278 g/mol. The Bertz CT molecular complexity index is 395. The van der Waals surface area contributed by atoms with E-state index >= 15 is 0 Å². The molecule has 3 nitrogen and oxygen atoms in total. The second-order valence-electron chi connectivity index (χ2n) is 5.90. The molecule has 1 unspecified atom stereocenters. The first-order valence-corrected chi connectivity index (χ1v) is 7.45. The zero-order valence-electron chi connectivity index (χ0n) is 12.8.